The molecule has 1 fully saturated rings. The van der Waals surface area contributed by atoms with Crippen molar-refractivity contribution in [3.63, 3.8) is 0 Å². The number of hydrogen-bond acceptors (Lipinski definition) is 6. The van der Waals surface area contributed by atoms with E-state index in [0.29, 0.717) is 11.3 Å². The smallest absolute Gasteiger partial charge is 0.409 e. The summed E-state index contributed by atoms with van der Waals surface area (Å²) in [7, 11) is 1.18. The van der Waals surface area contributed by atoms with Gasteiger partial charge in [-0.25, -0.2) is 9.59 Å². The number of rotatable bonds is 7. The van der Waals surface area contributed by atoms with Crippen molar-refractivity contribution in [2.75, 3.05) is 25.8 Å². The number of anilines is 1. The number of nitrogens with zero attached hydrogens (tertiary/aromatic N) is 1. The van der Waals surface area contributed by atoms with E-state index in [4.69, 9.17) is 32.7 Å². The number of esters is 1. The second kappa shape index (κ2) is 11.2. The molecule has 1 saturated heterocycles. The molecule has 3 rings (SSSR count). The van der Waals surface area contributed by atoms with Crippen molar-refractivity contribution < 1.29 is 33.8 Å². The first-order valence-electron chi connectivity index (χ1n) is 10.0. The Morgan fingerprint density at radius 3 is 2.38 bits per heavy atom. The molecule has 2 aromatic carbocycles. The highest BCUT2D eigenvalue weighted by atomic mass is 35.5. The first-order chi connectivity index (χ1) is 16.2. The van der Waals surface area contributed by atoms with Gasteiger partial charge in [-0.3, -0.25) is 14.5 Å². The fourth-order valence-corrected chi connectivity index (χ4v) is 3.89. The van der Waals surface area contributed by atoms with Gasteiger partial charge in [0.2, 0.25) is 5.91 Å². The van der Waals surface area contributed by atoms with Crippen LogP contribution in [0.5, 0.6) is 0 Å². The van der Waals surface area contributed by atoms with Crippen LogP contribution in [0.15, 0.2) is 42.5 Å². The normalized spacial score (nSPS) is 16.0. The van der Waals surface area contributed by atoms with Gasteiger partial charge in [0.1, 0.15) is 18.8 Å². The highest BCUT2D eigenvalue weighted by molar-refractivity contribution is 6.40. The van der Waals surface area contributed by atoms with E-state index in [9.17, 15) is 24.3 Å². The number of methoxy groups -OCH3 is 1. The number of halogens is 2. The summed E-state index contributed by atoms with van der Waals surface area (Å²) in [6, 6.07) is 9.17. The Morgan fingerprint density at radius 2 is 1.79 bits per heavy atom. The second-order valence-corrected chi connectivity index (χ2v) is 8.12. The zero-order valence-corrected chi connectivity index (χ0v) is 19.4. The molecule has 12 heteroatoms. The van der Waals surface area contributed by atoms with Gasteiger partial charge < -0.3 is 25.2 Å². The first-order valence-corrected chi connectivity index (χ1v) is 10.8. The molecule has 0 spiro atoms. The molecule has 10 nitrogen and oxygen atoms in total. The molecule has 1 heterocycles. The number of carboxylic acid groups (broad SMARTS) is 1. The van der Waals surface area contributed by atoms with Gasteiger partial charge in [-0.15, -0.1) is 0 Å². The zero-order valence-electron chi connectivity index (χ0n) is 17.9. The van der Waals surface area contributed by atoms with Gasteiger partial charge in [-0.05, 0) is 29.8 Å². The van der Waals surface area contributed by atoms with E-state index >= 15 is 0 Å². The summed E-state index contributed by atoms with van der Waals surface area (Å²) in [5.74, 6) is -1.85. The largest absolute Gasteiger partial charge is 0.467 e. The third-order valence-electron chi connectivity index (χ3n) is 5.07. The molecule has 34 heavy (non-hydrogen) atoms. The van der Waals surface area contributed by atoms with E-state index in [1.165, 1.54) is 7.11 Å². The van der Waals surface area contributed by atoms with Crippen LogP contribution in [0.25, 0.3) is 0 Å². The maximum absolute atomic E-state index is 12.6. The standard InChI is InChI=1S/C22H21Cl2N3O7/c1-33-21(30)16(26-19(28)17-10-34-11-27(17)22(31)32)9-12-5-7-13(8-6-12)25-20(29)18-14(23)3-2-4-15(18)24/h2-8,16-17H,9-11H2,1H3,(H,25,29)(H,26,28)(H,31,32)/t16-,17+/m0/s1. The summed E-state index contributed by atoms with van der Waals surface area (Å²) in [5, 5.41) is 14.8. The number of benzene rings is 2. The van der Waals surface area contributed by atoms with Gasteiger partial charge in [0.15, 0.2) is 0 Å². The Morgan fingerprint density at radius 1 is 1.15 bits per heavy atom. The molecule has 0 saturated carbocycles. The molecule has 180 valence electrons. The Bertz CT molecular complexity index is 1070. The number of hydrogen-bond donors (Lipinski definition) is 3. The van der Waals surface area contributed by atoms with Crippen molar-refractivity contribution in [3.8, 4) is 0 Å². The predicted molar refractivity (Wildman–Crippen MR) is 123 cm³/mol. The molecular formula is C22H21Cl2N3O7. The summed E-state index contributed by atoms with van der Waals surface area (Å²) in [6.07, 6.45) is -1.23. The molecule has 2 atom stereocenters. The van der Waals surface area contributed by atoms with Crippen LogP contribution in [0.1, 0.15) is 15.9 Å². The molecule has 1 aliphatic rings. The number of ether oxygens (including phenoxy) is 2. The minimum atomic E-state index is -1.30. The highest BCUT2D eigenvalue weighted by Gasteiger charge is 2.37. The van der Waals surface area contributed by atoms with Gasteiger partial charge in [-0.1, -0.05) is 41.4 Å². The maximum atomic E-state index is 12.6. The SMILES string of the molecule is COC(=O)[C@H](Cc1ccc(NC(=O)c2c(Cl)cccc2Cl)cc1)NC(=O)[C@H]1COCN1C(=O)O. The van der Waals surface area contributed by atoms with Crippen molar-refractivity contribution in [1.82, 2.24) is 10.2 Å². The topological polar surface area (TPSA) is 134 Å². The van der Waals surface area contributed by atoms with E-state index in [0.717, 1.165) is 4.90 Å². The van der Waals surface area contributed by atoms with Crippen LogP contribution in [0, 0.1) is 0 Å². The van der Waals surface area contributed by atoms with Gasteiger partial charge in [-0.2, -0.15) is 0 Å². The van der Waals surface area contributed by atoms with E-state index in [1.54, 1.807) is 42.5 Å². The summed E-state index contributed by atoms with van der Waals surface area (Å²) < 4.78 is 9.82. The molecule has 0 aromatic heterocycles. The Kier molecular flexibility index (Phi) is 8.32. The highest BCUT2D eigenvalue weighted by Crippen LogP contribution is 2.25. The van der Waals surface area contributed by atoms with E-state index < -0.39 is 36.0 Å². The fourth-order valence-electron chi connectivity index (χ4n) is 3.32. The summed E-state index contributed by atoms with van der Waals surface area (Å²) >= 11 is 12.1. The van der Waals surface area contributed by atoms with Crippen molar-refractivity contribution >= 4 is 52.8 Å². The van der Waals surface area contributed by atoms with Gasteiger partial charge in [0, 0.05) is 12.1 Å². The minimum absolute atomic E-state index is 0.0730. The van der Waals surface area contributed by atoms with Crippen LogP contribution in [-0.2, 0) is 25.5 Å². The molecule has 3 amide bonds. The van der Waals surface area contributed by atoms with E-state index in [-0.39, 0.29) is 35.4 Å². The van der Waals surface area contributed by atoms with E-state index in [1.807, 2.05) is 0 Å². The average Bonchev–Trinajstić information content (AvgIpc) is 3.30. The molecule has 0 aliphatic carbocycles. The predicted octanol–water partition coefficient (Wildman–Crippen LogP) is 2.78. The lowest BCUT2D eigenvalue weighted by atomic mass is 10.0. The Balaban J connectivity index is 1.67. The minimum Gasteiger partial charge on any atom is -0.467 e. The van der Waals surface area contributed by atoms with Crippen LogP contribution in [0.4, 0.5) is 10.5 Å². The van der Waals surface area contributed by atoms with E-state index in [2.05, 4.69) is 10.6 Å². The summed E-state index contributed by atoms with van der Waals surface area (Å²) in [5.41, 5.74) is 1.26. The van der Waals surface area contributed by atoms with Crippen LogP contribution in [-0.4, -0.2) is 66.4 Å². The number of nitrogens with one attached hydrogen (secondary N) is 2. The first kappa shape index (κ1) is 25.3. The fraction of sp³-hybridized carbons (Fsp3) is 0.273. The summed E-state index contributed by atoms with van der Waals surface area (Å²) in [4.78, 5) is 49.4. The lowest BCUT2D eigenvalue weighted by molar-refractivity contribution is -0.145. The van der Waals surface area contributed by atoms with Crippen molar-refractivity contribution in [2.45, 2.75) is 18.5 Å². The second-order valence-electron chi connectivity index (χ2n) is 7.30. The van der Waals surface area contributed by atoms with Crippen molar-refractivity contribution in [2.24, 2.45) is 0 Å². The lowest BCUT2D eigenvalue weighted by Gasteiger charge is -2.22. The quantitative estimate of drug-likeness (QED) is 0.488. The maximum Gasteiger partial charge on any atom is 0.409 e. The molecule has 2 aromatic rings. The van der Waals surface area contributed by atoms with Crippen LogP contribution in [0.3, 0.4) is 0 Å². The number of amides is 3. The Hall–Kier alpha value is -3.34. The third-order valence-corrected chi connectivity index (χ3v) is 5.70. The molecule has 0 radical (unpaired) electrons. The summed E-state index contributed by atoms with van der Waals surface area (Å²) in [6.45, 7) is -0.348. The monoisotopic (exact) mass is 509 g/mol. The molecule has 0 unspecified atom stereocenters. The van der Waals surface area contributed by atoms with Gasteiger partial charge in [0.05, 0.1) is 29.3 Å². The lowest BCUT2D eigenvalue weighted by Crippen LogP contribution is -2.52. The van der Waals surface area contributed by atoms with Crippen molar-refractivity contribution in [3.05, 3.63) is 63.6 Å². The zero-order chi connectivity index (χ0) is 24.8. The van der Waals surface area contributed by atoms with Crippen LogP contribution >= 0.6 is 23.2 Å². The number of carbonyl (C=O) groups is 4. The number of carbonyl (C=O) groups excluding carboxylic acids is 3. The molecular weight excluding hydrogens is 489 g/mol. The van der Waals surface area contributed by atoms with Crippen LogP contribution < -0.4 is 10.6 Å². The molecule has 0 bridgehead atoms. The molecule has 3 N–H and O–H groups in total. The van der Waals surface area contributed by atoms with Crippen LogP contribution in [0.2, 0.25) is 10.0 Å². The third kappa shape index (κ3) is 5.96. The molecule has 1 aliphatic heterocycles. The Labute approximate surface area is 204 Å². The van der Waals surface area contributed by atoms with Gasteiger partial charge >= 0.3 is 12.1 Å². The van der Waals surface area contributed by atoms with Gasteiger partial charge in [0.25, 0.3) is 5.91 Å². The van der Waals surface area contributed by atoms with Crippen molar-refractivity contribution in [1.29, 1.82) is 0 Å². The average molecular weight is 510 g/mol.